The third-order valence-corrected chi connectivity index (χ3v) is 6.86. The Morgan fingerprint density at radius 2 is 0.867 bits per heavy atom. The quantitative estimate of drug-likeness (QED) is 0.205. The first-order chi connectivity index (χ1) is 14.5. The number of aryl methyl sites for hydroxylation is 2. The van der Waals surface area contributed by atoms with Crippen LogP contribution in [0.5, 0.6) is 0 Å². The van der Waals surface area contributed by atoms with Crippen LogP contribution in [0, 0.1) is 13.8 Å². The summed E-state index contributed by atoms with van der Waals surface area (Å²) in [4.78, 5) is 0. The highest BCUT2D eigenvalue weighted by molar-refractivity contribution is 9.10. The van der Waals surface area contributed by atoms with Crippen LogP contribution in [0.1, 0.15) is 11.1 Å². The molecule has 5 aromatic carbocycles. The largest absolute Gasteiger partial charge is 0.0620 e. The average Bonchev–Trinajstić information content (AvgIpc) is 2.73. The van der Waals surface area contributed by atoms with Crippen molar-refractivity contribution in [2.24, 2.45) is 0 Å². The molecule has 0 radical (unpaired) electrons. The minimum Gasteiger partial charge on any atom is -0.0620 e. The maximum atomic E-state index is 3.72. The highest BCUT2D eigenvalue weighted by Gasteiger charge is 2.18. The number of halogens is 2. The van der Waals surface area contributed by atoms with Crippen molar-refractivity contribution < 1.29 is 0 Å². The topological polar surface area (TPSA) is 0 Å². The zero-order valence-corrected chi connectivity index (χ0v) is 20.0. The number of rotatable bonds is 2. The molecular formula is C28H20Br2. The van der Waals surface area contributed by atoms with Gasteiger partial charge in [0.05, 0.1) is 0 Å². The van der Waals surface area contributed by atoms with Crippen molar-refractivity contribution >= 4 is 53.4 Å². The van der Waals surface area contributed by atoms with Crippen LogP contribution in [0.2, 0.25) is 0 Å². The van der Waals surface area contributed by atoms with Gasteiger partial charge in [0.1, 0.15) is 0 Å². The molecule has 0 atom stereocenters. The number of hydrogen-bond donors (Lipinski definition) is 0. The summed E-state index contributed by atoms with van der Waals surface area (Å²) in [6.07, 6.45) is 0. The Balaban J connectivity index is 2.07. The molecule has 5 rings (SSSR count). The van der Waals surface area contributed by atoms with Crippen molar-refractivity contribution in [2.45, 2.75) is 13.8 Å². The second-order valence-electron chi connectivity index (χ2n) is 7.76. The summed E-state index contributed by atoms with van der Waals surface area (Å²) in [5, 5.41) is 5.09. The Labute approximate surface area is 193 Å². The van der Waals surface area contributed by atoms with E-state index in [-0.39, 0.29) is 0 Å². The Kier molecular flexibility index (Phi) is 5.00. The van der Waals surface area contributed by atoms with E-state index in [0.717, 1.165) is 8.95 Å². The number of hydrogen-bond acceptors (Lipinski definition) is 0. The van der Waals surface area contributed by atoms with Gasteiger partial charge >= 0.3 is 0 Å². The van der Waals surface area contributed by atoms with Gasteiger partial charge in [0.2, 0.25) is 0 Å². The van der Waals surface area contributed by atoms with Crippen LogP contribution in [-0.2, 0) is 0 Å². The lowest BCUT2D eigenvalue weighted by molar-refractivity contribution is 1.46. The molecule has 0 nitrogen and oxygen atoms in total. The third-order valence-electron chi connectivity index (χ3n) is 5.87. The molecule has 0 N–H and O–H groups in total. The smallest absolute Gasteiger partial charge is 0.0181 e. The normalized spacial score (nSPS) is 11.3. The minimum absolute atomic E-state index is 1.09. The summed E-state index contributed by atoms with van der Waals surface area (Å²) < 4.78 is 2.19. The van der Waals surface area contributed by atoms with E-state index in [9.17, 15) is 0 Å². The van der Waals surface area contributed by atoms with E-state index in [1.165, 1.54) is 54.9 Å². The van der Waals surface area contributed by atoms with Crippen LogP contribution in [0.3, 0.4) is 0 Å². The first kappa shape index (κ1) is 19.5. The molecule has 0 unspecified atom stereocenters. The maximum absolute atomic E-state index is 3.72. The maximum Gasteiger partial charge on any atom is 0.0181 e. The van der Waals surface area contributed by atoms with Gasteiger partial charge in [-0.05, 0) is 93.0 Å². The van der Waals surface area contributed by atoms with Gasteiger partial charge in [-0.1, -0.05) is 92.5 Å². The SMILES string of the molecule is Cc1ccccc1-c1c2ccc(Br)cc2c(-c2ccccc2C)c2ccc(Br)cc12. The highest BCUT2D eigenvalue weighted by atomic mass is 79.9. The molecule has 0 aliphatic rings. The molecular weight excluding hydrogens is 496 g/mol. The van der Waals surface area contributed by atoms with Gasteiger partial charge in [0.15, 0.2) is 0 Å². The molecule has 0 aliphatic heterocycles. The summed E-state index contributed by atoms with van der Waals surface area (Å²) in [6.45, 7) is 4.39. The predicted octanol–water partition coefficient (Wildman–Crippen LogP) is 9.47. The van der Waals surface area contributed by atoms with Crippen molar-refractivity contribution in [1.82, 2.24) is 0 Å². The van der Waals surface area contributed by atoms with E-state index in [1.807, 2.05) is 0 Å². The highest BCUT2D eigenvalue weighted by Crippen LogP contribution is 2.46. The second kappa shape index (κ2) is 7.68. The standard InChI is InChI=1S/C28H20Br2/c1-17-7-3-5-9-21(17)27-23-13-11-20(30)16-26(23)28(22-10-6-4-8-18(22)2)24-14-12-19(29)15-25(24)27/h3-16H,1-2H3. The lowest BCUT2D eigenvalue weighted by Crippen LogP contribution is -1.93. The van der Waals surface area contributed by atoms with E-state index in [1.54, 1.807) is 0 Å². The van der Waals surface area contributed by atoms with Gasteiger partial charge in [-0.2, -0.15) is 0 Å². The third kappa shape index (κ3) is 3.19. The van der Waals surface area contributed by atoms with Gasteiger partial charge in [-0.3, -0.25) is 0 Å². The molecule has 2 heteroatoms. The lowest BCUT2D eigenvalue weighted by Gasteiger charge is -2.20. The zero-order chi connectivity index (χ0) is 20.8. The van der Waals surface area contributed by atoms with Crippen LogP contribution in [-0.4, -0.2) is 0 Å². The molecule has 0 fully saturated rings. The predicted molar refractivity (Wildman–Crippen MR) is 137 cm³/mol. The van der Waals surface area contributed by atoms with Gasteiger partial charge in [-0.15, -0.1) is 0 Å². The summed E-state index contributed by atoms with van der Waals surface area (Å²) in [5.41, 5.74) is 7.72. The minimum atomic E-state index is 1.09. The summed E-state index contributed by atoms with van der Waals surface area (Å²) in [6, 6.07) is 30.7. The van der Waals surface area contributed by atoms with Crippen LogP contribution in [0.25, 0.3) is 43.8 Å². The van der Waals surface area contributed by atoms with Gasteiger partial charge in [-0.25, -0.2) is 0 Å². The van der Waals surface area contributed by atoms with Gasteiger partial charge < -0.3 is 0 Å². The Hall–Kier alpha value is -2.42. The fourth-order valence-electron chi connectivity index (χ4n) is 4.46. The van der Waals surface area contributed by atoms with Crippen LogP contribution < -0.4 is 0 Å². The average molecular weight is 516 g/mol. The monoisotopic (exact) mass is 514 g/mol. The van der Waals surface area contributed by atoms with Crippen molar-refractivity contribution in [3.05, 3.63) is 105 Å². The summed E-state index contributed by atoms with van der Waals surface area (Å²) in [7, 11) is 0. The van der Waals surface area contributed by atoms with E-state index >= 15 is 0 Å². The molecule has 0 bridgehead atoms. The molecule has 0 heterocycles. The Bertz CT molecular complexity index is 1320. The molecule has 30 heavy (non-hydrogen) atoms. The van der Waals surface area contributed by atoms with Crippen molar-refractivity contribution in [3.8, 4) is 22.3 Å². The van der Waals surface area contributed by atoms with Gasteiger partial charge in [0, 0.05) is 8.95 Å². The van der Waals surface area contributed by atoms with Crippen molar-refractivity contribution in [1.29, 1.82) is 0 Å². The van der Waals surface area contributed by atoms with Crippen molar-refractivity contribution in [2.75, 3.05) is 0 Å². The lowest BCUT2D eigenvalue weighted by atomic mass is 9.84. The van der Waals surface area contributed by atoms with E-state index < -0.39 is 0 Å². The van der Waals surface area contributed by atoms with Crippen molar-refractivity contribution in [3.63, 3.8) is 0 Å². The molecule has 0 spiro atoms. The summed E-state index contributed by atoms with van der Waals surface area (Å²) >= 11 is 7.44. The Morgan fingerprint density at radius 1 is 0.467 bits per heavy atom. The first-order valence-corrected chi connectivity index (χ1v) is 11.6. The summed E-state index contributed by atoms with van der Waals surface area (Å²) in [5.74, 6) is 0. The second-order valence-corrected chi connectivity index (χ2v) is 9.59. The molecule has 146 valence electrons. The number of fused-ring (bicyclic) bond motifs is 2. The zero-order valence-electron chi connectivity index (χ0n) is 16.8. The Morgan fingerprint density at radius 3 is 1.27 bits per heavy atom. The van der Waals surface area contributed by atoms with Crippen LogP contribution in [0.4, 0.5) is 0 Å². The molecule has 0 aliphatic carbocycles. The van der Waals surface area contributed by atoms with Gasteiger partial charge in [0.25, 0.3) is 0 Å². The molecule has 0 amide bonds. The fraction of sp³-hybridized carbons (Fsp3) is 0.0714. The molecule has 0 saturated heterocycles. The fourth-order valence-corrected chi connectivity index (χ4v) is 5.18. The number of benzene rings is 5. The van der Waals surface area contributed by atoms with E-state index in [0.29, 0.717) is 0 Å². The molecule has 5 aromatic rings. The van der Waals surface area contributed by atoms with E-state index in [4.69, 9.17) is 0 Å². The molecule has 0 aromatic heterocycles. The van der Waals surface area contributed by atoms with Crippen LogP contribution in [0.15, 0.2) is 93.9 Å². The first-order valence-electron chi connectivity index (χ1n) is 10.0. The molecule has 0 saturated carbocycles. The van der Waals surface area contributed by atoms with E-state index in [2.05, 4.69) is 131 Å². The van der Waals surface area contributed by atoms with Crippen LogP contribution >= 0.6 is 31.9 Å².